The monoisotopic (exact) mass is 2600 g/mol. The van der Waals surface area contributed by atoms with Crippen LogP contribution >= 0.6 is 0 Å². The number of allylic oxidation sites excluding steroid dienone is 4. The number of carbonyl (C=O) groups is 2. The third kappa shape index (κ3) is 24.0. The molecule has 0 amide bonds. The second-order valence-electron chi connectivity index (χ2n) is 34.1. The number of rotatable bonds is 8. The van der Waals surface area contributed by atoms with Crippen molar-refractivity contribution in [2.24, 2.45) is 0 Å². The van der Waals surface area contributed by atoms with Crippen molar-refractivity contribution >= 4 is 162 Å². The first-order chi connectivity index (χ1) is 69.8. The van der Waals surface area contributed by atoms with Gasteiger partial charge in [-0.15, -0.1) is 202 Å². The molecular weight excluding hydrogens is 2500 g/mol. The third-order valence-electron chi connectivity index (χ3n) is 24.5. The molecule has 0 saturated carbocycles. The van der Waals surface area contributed by atoms with Crippen molar-refractivity contribution in [3.8, 4) is 67.5 Å². The zero-order valence-corrected chi connectivity index (χ0v) is 89.3. The van der Waals surface area contributed by atoms with Crippen LogP contribution < -0.4 is 0 Å². The largest absolute Gasteiger partial charge is 0.512 e. The van der Waals surface area contributed by atoms with E-state index in [9.17, 15) is 9.59 Å². The Balaban J connectivity index is 0.000000130. The molecule has 716 valence electrons. The van der Waals surface area contributed by atoms with Gasteiger partial charge in [-0.05, 0) is 182 Å². The third-order valence-corrected chi connectivity index (χ3v) is 24.5. The Kier molecular flexibility index (Phi) is 35.6. The van der Waals surface area contributed by atoms with Gasteiger partial charge in [0.25, 0.3) is 0 Å². The topological polar surface area (TPSA) is 152 Å². The van der Waals surface area contributed by atoms with E-state index in [1.165, 1.54) is 191 Å². The molecule has 2 N–H and O–H groups in total. The number of ketones is 2. The van der Waals surface area contributed by atoms with Crippen LogP contribution in [0.15, 0.2) is 485 Å². The molecule has 0 aliphatic heterocycles. The molecule has 0 unspecified atom stereocenters. The number of hydrogen-bond donors (Lipinski definition) is 2. The summed E-state index contributed by atoms with van der Waals surface area (Å²) in [6.45, 7) is 5.70. The molecule has 4 radical (unpaired) electrons. The number of aromatic nitrogens is 6. The smallest absolute Gasteiger partial charge is 0.155 e. The minimum Gasteiger partial charge on any atom is -0.512 e. The first kappa shape index (κ1) is 104. The Hall–Kier alpha value is -16.0. The standard InChI is InChI=1S/2C27H16N.2C23H14N.2C11H8N.2C5H8O2.4Ir/c1-2-10-19-18(8-1)9-7-15-24(19)27-16-25-22-13-5-3-11-20(22)21-12-4-6-14-23(21)26(25)17-28-27;1-2-8-19-15-20(14-13-18(19)7-1)27-16-25-23-11-5-3-9-21(23)22-10-4-6-12-24(22)26(25)17-28-27;2*1-2-8-16(9-3-1)23-14-21-19-12-6-4-10-17(19)18-11-5-7-13-20(18)22(21)15-24-23;2*1-2-6-10(7-3-1)11-8-4-5-9-12-11;2*1-4(6)3-5(2)7;;;;/h1-14,16-17H;1-13,15-17H;2*1-8,10-15H;2*1-6,8-9H;2*3,6H,1-2H3;;;;/q6*-1;;;;;;. The summed E-state index contributed by atoms with van der Waals surface area (Å²) >= 11 is 0. The Bertz CT molecular complexity index is 8640. The van der Waals surface area contributed by atoms with Crippen LogP contribution in [0.25, 0.3) is 218 Å². The summed E-state index contributed by atoms with van der Waals surface area (Å²) in [7, 11) is 0. The zero-order valence-electron chi connectivity index (χ0n) is 79.8. The minimum absolute atomic E-state index is 0. The van der Waals surface area contributed by atoms with Crippen molar-refractivity contribution in [1.29, 1.82) is 0 Å². The molecule has 0 bridgehead atoms. The van der Waals surface area contributed by atoms with E-state index >= 15 is 0 Å². The van der Waals surface area contributed by atoms with Crippen LogP contribution in [-0.2, 0) is 90.0 Å². The van der Waals surface area contributed by atoms with Gasteiger partial charge in [-0.1, -0.05) is 302 Å². The summed E-state index contributed by atoms with van der Waals surface area (Å²) < 4.78 is 0. The first-order valence-corrected chi connectivity index (χ1v) is 46.8. The molecule has 146 heavy (non-hydrogen) atoms. The predicted octanol–water partition coefficient (Wildman–Crippen LogP) is 33.5. The second-order valence-corrected chi connectivity index (χ2v) is 34.1. The summed E-state index contributed by atoms with van der Waals surface area (Å²) in [6, 6.07) is 166. The minimum atomic E-state index is -0.125. The second kappa shape index (κ2) is 49.8. The van der Waals surface area contributed by atoms with Crippen LogP contribution in [0.3, 0.4) is 0 Å². The molecular formula is C132H92Ir4N6O4-6. The number of nitrogens with zero attached hydrogens (tertiary/aromatic N) is 6. The quantitative estimate of drug-likeness (QED) is 0.0651. The van der Waals surface area contributed by atoms with Gasteiger partial charge in [0.05, 0.1) is 11.5 Å². The van der Waals surface area contributed by atoms with Gasteiger partial charge < -0.3 is 40.1 Å². The van der Waals surface area contributed by atoms with E-state index in [2.05, 4.69) is 344 Å². The molecule has 0 saturated heterocycles. The van der Waals surface area contributed by atoms with Crippen molar-refractivity contribution in [2.75, 3.05) is 0 Å². The summed E-state index contributed by atoms with van der Waals surface area (Å²) in [4.78, 5) is 47.5. The van der Waals surface area contributed by atoms with Gasteiger partial charge in [0.2, 0.25) is 0 Å². The molecule has 0 atom stereocenters. The molecule has 6 heterocycles. The van der Waals surface area contributed by atoms with Crippen LogP contribution in [0.5, 0.6) is 0 Å². The van der Waals surface area contributed by atoms with E-state index in [4.69, 9.17) is 30.1 Å². The number of pyridine rings is 6. The van der Waals surface area contributed by atoms with Gasteiger partial charge in [0.1, 0.15) is 0 Å². The van der Waals surface area contributed by atoms with Crippen molar-refractivity contribution in [2.45, 2.75) is 27.7 Å². The number of fused-ring (bicyclic) bond motifs is 26. The molecule has 0 aliphatic carbocycles. The maximum atomic E-state index is 10.0. The Labute approximate surface area is 901 Å². The van der Waals surface area contributed by atoms with Gasteiger partial charge in [-0.2, -0.15) is 0 Å². The van der Waals surface area contributed by atoms with Crippen LogP contribution in [0, 0.1) is 36.4 Å². The fraction of sp³-hybridized carbons (Fsp3) is 0.0303. The zero-order chi connectivity index (χ0) is 97.0. The summed E-state index contributed by atoms with van der Waals surface area (Å²) in [5.74, 6) is -0.125. The predicted molar refractivity (Wildman–Crippen MR) is 590 cm³/mol. The van der Waals surface area contributed by atoms with Crippen molar-refractivity contribution in [3.05, 3.63) is 522 Å². The molecule has 6 aromatic heterocycles. The number of carbonyl (C=O) groups excluding carboxylic acids is 2. The summed E-state index contributed by atoms with van der Waals surface area (Å²) in [6.07, 6.45) is 13.9. The molecule has 26 rings (SSSR count). The first-order valence-electron chi connectivity index (χ1n) is 46.8. The maximum absolute atomic E-state index is 10.0. The molecule has 14 heteroatoms. The normalized spacial score (nSPS) is 10.8. The van der Waals surface area contributed by atoms with E-state index in [1.807, 2.05) is 152 Å². The number of aliphatic hydroxyl groups is 2. The molecule has 0 aliphatic rings. The molecule has 0 spiro atoms. The van der Waals surface area contributed by atoms with E-state index in [-0.39, 0.29) is 104 Å². The van der Waals surface area contributed by atoms with Crippen molar-refractivity contribution in [1.82, 2.24) is 29.9 Å². The van der Waals surface area contributed by atoms with Crippen LogP contribution in [-0.4, -0.2) is 51.7 Å². The van der Waals surface area contributed by atoms with E-state index in [0.29, 0.717) is 0 Å². The summed E-state index contributed by atoms with van der Waals surface area (Å²) in [5, 5.41) is 51.6. The SMILES string of the molecule is CC(=O)C=C(C)O.CC(=O)C=C(C)O.[Ir].[Ir].[Ir].[Ir].[c-]1cc2ccccc2cc1-c1cc2c3ccccc3c3ccccc3c2cn1.[c-]1ccc2ccccc2c1-c1cc2c3ccccc3c3ccccc3c2cn1.[c-]1ccccc1-c1cc2c3ccccc3c3ccccc3c2cn1.[c-]1ccccc1-c1cc2c3ccccc3c3ccccc3c2cn1.[c-]1ccccc1-c1ccccn1.[c-]1ccccc1-c1ccccn1. The van der Waals surface area contributed by atoms with Gasteiger partial charge >= 0.3 is 0 Å². The molecule has 20 aromatic carbocycles. The molecule has 26 aromatic rings. The van der Waals surface area contributed by atoms with Crippen molar-refractivity contribution < 1.29 is 100 Å². The van der Waals surface area contributed by atoms with Crippen LogP contribution in [0.1, 0.15) is 27.7 Å². The van der Waals surface area contributed by atoms with Crippen molar-refractivity contribution in [3.63, 3.8) is 0 Å². The molecule has 0 fully saturated rings. The average molecular weight is 2600 g/mol. The fourth-order valence-corrected chi connectivity index (χ4v) is 18.3. The van der Waals surface area contributed by atoms with Gasteiger partial charge in [-0.25, -0.2) is 0 Å². The van der Waals surface area contributed by atoms with E-state index in [0.717, 1.165) is 67.5 Å². The van der Waals surface area contributed by atoms with Gasteiger partial charge in [0, 0.05) is 151 Å². The van der Waals surface area contributed by atoms with Crippen LogP contribution in [0.2, 0.25) is 0 Å². The van der Waals surface area contributed by atoms with E-state index in [1.54, 1.807) is 12.4 Å². The number of aliphatic hydroxyl groups excluding tert-OH is 2. The molecule has 10 nitrogen and oxygen atoms in total. The Morgan fingerprint density at radius 2 is 0.452 bits per heavy atom. The van der Waals surface area contributed by atoms with Crippen LogP contribution in [0.4, 0.5) is 0 Å². The van der Waals surface area contributed by atoms with Gasteiger partial charge in [-0.3, -0.25) is 9.59 Å². The number of benzene rings is 20. The number of hydrogen-bond acceptors (Lipinski definition) is 10. The maximum Gasteiger partial charge on any atom is 0.155 e. The summed E-state index contributed by atoms with van der Waals surface area (Å²) in [5.41, 5.74) is 12.0. The Morgan fingerprint density at radius 1 is 0.205 bits per heavy atom. The Morgan fingerprint density at radius 3 is 0.733 bits per heavy atom. The fourth-order valence-electron chi connectivity index (χ4n) is 18.3. The average Bonchev–Trinajstić information content (AvgIpc) is 0.753. The van der Waals surface area contributed by atoms with Gasteiger partial charge in [0.15, 0.2) is 11.6 Å². The van der Waals surface area contributed by atoms with E-state index < -0.39 is 0 Å².